The van der Waals surface area contributed by atoms with E-state index in [2.05, 4.69) is 41.4 Å². The van der Waals surface area contributed by atoms with Gasteiger partial charge in [0.2, 0.25) is 11.8 Å². The van der Waals surface area contributed by atoms with Crippen molar-refractivity contribution < 1.29 is 5.11 Å². The fraction of sp³-hybridized carbons (Fsp3) is 0.286. The number of nitrogens with zero attached hydrogens (tertiary/aromatic N) is 6. The van der Waals surface area contributed by atoms with Gasteiger partial charge in [-0.15, -0.1) is 0 Å². The van der Waals surface area contributed by atoms with Crippen LogP contribution in [0.25, 0.3) is 11.7 Å². The largest absolute Gasteiger partial charge is 0.493 e. The van der Waals surface area contributed by atoms with Crippen LogP contribution in [-0.2, 0) is 6.54 Å². The second kappa shape index (κ2) is 7.84. The Labute approximate surface area is 182 Å². The Kier molecular flexibility index (Phi) is 4.85. The summed E-state index contributed by atoms with van der Waals surface area (Å²) in [4.78, 5) is 32.2. The van der Waals surface area contributed by atoms with Gasteiger partial charge in [-0.05, 0) is 36.6 Å². The van der Waals surface area contributed by atoms with Gasteiger partial charge < -0.3 is 20.3 Å². The van der Waals surface area contributed by atoms with Crippen molar-refractivity contribution in [3.63, 3.8) is 0 Å². The van der Waals surface area contributed by atoms with E-state index in [-0.39, 0.29) is 17.6 Å². The van der Waals surface area contributed by atoms with Crippen LogP contribution in [0.4, 0.5) is 11.6 Å². The van der Waals surface area contributed by atoms with Gasteiger partial charge in [-0.2, -0.15) is 19.6 Å². The third-order valence-electron chi connectivity index (χ3n) is 5.14. The molecule has 0 radical (unpaired) electrons. The molecular formula is C21H23N9O2. The number of H-pyrrole nitrogens is 2. The lowest BCUT2D eigenvalue weighted by Gasteiger charge is -2.13. The Morgan fingerprint density at radius 2 is 2.16 bits per heavy atom. The number of aromatic nitrogens is 6. The highest BCUT2D eigenvalue weighted by atomic mass is 16.3. The lowest BCUT2D eigenvalue weighted by Crippen LogP contribution is -2.24. The first-order chi connectivity index (χ1) is 15.5. The highest BCUT2D eigenvalue weighted by molar-refractivity contribution is 5.57. The third-order valence-corrected chi connectivity index (χ3v) is 5.14. The van der Waals surface area contributed by atoms with Crippen molar-refractivity contribution in [2.75, 3.05) is 24.3 Å². The molecule has 1 aliphatic rings. The summed E-state index contributed by atoms with van der Waals surface area (Å²) >= 11 is 0. The highest BCUT2D eigenvalue weighted by Crippen LogP contribution is 2.22. The fourth-order valence-electron chi connectivity index (χ4n) is 3.28. The molecule has 11 heteroatoms. The van der Waals surface area contributed by atoms with E-state index in [4.69, 9.17) is 0 Å². The molecule has 4 N–H and O–H groups in total. The summed E-state index contributed by atoms with van der Waals surface area (Å²) in [5.41, 5.74) is 2.94. The Morgan fingerprint density at radius 3 is 2.88 bits per heavy atom. The molecule has 0 saturated heterocycles. The summed E-state index contributed by atoms with van der Waals surface area (Å²) in [6.45, 7) is 0.541. The van der Waals surface area contributed by atoms with Crippen LogP contribution in [0.15, 0.2) is 40.2 Å². The van der Waals surface area contributed by atoms with Crippen molar-refractivity contribution in [2.24, 2.45) is 4.99 Å². The summed E-state index contributed by atoms with van der Waals surface area (Å²) in [7, 11) is 4.00. The summed E-state index contributed by atoms with van der Waals surface area (Å²) < 4.78 is 1.57. The molecule has 32 heavy (non-hydrogen) atoms. The van der Waals surface area contributed by atoms with Crippen LogP contribution in [0.1, 0.15) is 24.1 Å². The van der Waals surface area contributed by atoms with Crippen LogP contribution < -0.4 is 26.7 Å². The number of hydrogen-bond acceptors (Lipinski definition) is 8. The smallest absolute Gasteiger partial charge is 0.326 e. The number of nitrogens with one attached hydrogen (secondary N) is 3. The Hall–Kier alpha value is -4.15. The second-order valence-electron chi connectivity index (χ2n) is 7.95. The first-order valence-electron chi connectivity index (χ1n) is 10.3. The summed E-state index contributed by atoms with van der Waals surface area (Å²) in [5.74, 6) is 0.180. The summed E-state index contributed by atoms with van der Waals surface area (Å²) in [6.07, 6.45) is 5.27. The quantitative estimate of drug-likeness (QED) is 0.339. The van der Waals surface area contributed by atoms with Gasteiger partial charge in [-0.25, -0.2) is 9.79 Å². The fourth-order valence-corrected chi connectivity index (χ4v) is 3.28. The predicted molar refractivity (Wildman–Crippen MR) is 119 cm³/mol. The first kappa shape index (κ1) is 19.8. The van der Waals surface area contributed by atoms with Gasteiger partial charge in [0.15, 0.2) is 5.65 Å². The van der Waals surface area contributed by atoms with Crippen LogP contribution in [-0.4, -0.2) is 54.8 Å². The molecule has 0 bridgehead atoms. The standard InChI is InChI=1S/C21H23N9O2/c1-29(2)15-5-3-4-12(8-15)10-22-19-26-17-13(9-16-18(31)27-21(32)25-16)11-23-30(17)20(28-19)24-14-6-7-14/h3-5,8-9,11,14,31H,6-7,10H2,1-2H3,(H,22,24,28)(H2,25,27,32)/b13-9-. The van der Waals surface area contributed by atoms with E-state index in [9.17, 15) is 9.90 Å². The molecule has 3 heterocycles. The first-order valence-corrected chi connectivity index (χ1v) is 10.3. The van der Waals surface area contributed by atoms with Crippen LogP contribution >= 0.6 is 0 Å². The van der Waals surface area contributed by atoms with Gasteiger partial charge in [-0.1, -0.05) is 12.1 Å². The van der Waals surface area contributed by atoms with Crippen molar-refractivity contribution in [3.05, 3.63) is 63.0 Å². The molecule has 0 unspecified atom stereocenters. The second-order valence-corrected chi connectivity index (χ2v) is 7.95. The van der Waals surface area contributed by atoms with E-state index in [0.717, 1.165) is 24.1 Å². The predicted octanol–water partition coefficient (Wildman–Crippen LogP) is 0.135. The minimum Gasteiger partial charge on any atom is -0.493 e. The van der Waals surface area contributed by atoms with Crippen LogP contribution in [0, 0.1) is 0 Å². The van der Waals surface area contributed by atoms with Gasteiger partial charge in [0.05, 0.1) is 12.2 Å². The zero-order valence-corrected chi connectivity index (χ0v) is 17.7. The maximum atomic E-state index is 11.5. The van der Waals surface area contributed by atoms with Crippen molar-refractivity contribution >= 4 is 23.4 Å². The molecule has 164 valence electrons. The molecule has 1 aromatic carbocycles. The normalized spacial score (nSPS) is 14.9. The maximum Gasteiger partial charge on any atom is 0.326 e. The Balaban J connectivity index is 1.55. The van der Waals surface area contributed by atoms with E-state index in [0.29, 0.717) is 29.0 Å². The lowest BCUT2D eigenvalue weighted by atomic mass is 10.2. The van der Waals surface area contributed by atoms with Crippen molar-refractivity contribution in [1.82, 2.24) is 29.5 Å². The number of anilines is 2. The number of hydrogen-bond donors (Lipinski definition) is 4. The zero-order valence-electron chi connectivity index (χ0n) is 17.7. The molecular weight excluding hydrogens is 410 g/mol. The molecule has 5 rings (SSSR count). The molecule has 3 aromatic heterocycles. The van der Waals surface area contributed by atoms with E-state index in [1.165, 1.54) is 0 Å². The van der Waals surface area contributed by atoms with E-state index in [1.807, 2.05) is 37.2 Å². The molecule has 11 nitrogen and oxygen atoms in total. The molecule has 0 amide bonds. The number of aromatic amines is 2. The molecule has 0 atom stereocenters. The van der Waals surface area contributed by atoms with E-state index < -0.39 is 5.69 Å². The molecule has 1 saturated carbocycles. The monoisotopic (exact) mass is 433 g/mol. The lowest BCUT2D eigenvalue weighted by molar-refractivity contribution is 0.454. The van der Waals surface area contributed by atoms with Crippen molar-refractivity contribution in [3.8, 4) is 5.88 Å². The Bertz CT molecular complexity index is 1460. The summed E-state index contributed by atoms with van der Waals surface area (Å²) in [5, 5.41) is 18.2. The SMILES string of the molecule is CN(C)c1cccc(CNc2nc(=NC3CC3)n3nc/c(=C/c4[nH]c(=O)[nH]c4O)c3n2)c1. The van der Waals surface area contributed by atoms with Crippen molar-refractivity contribution in [1.29, 1.82) is 0 Å². The van der Waals surface area contributed by atoms with Gasteiger partial charge in [0.1, 0.15) is 5.69 Å². The van der Waals surface area contributed by atoms with Gasteiger partial charge >= 0.3 is 5.69 Å². The van der Waals surface area contributed by atoms with Gasteiger partial charge in [-0.3, -0.25) is 4.98 Å². The van der Waals surface area contributed by atoms with Gasteiger partial charge in [0.25, 0.3) is 5.62 Å². The zero-order chi connectivity index (χ0) is 22.2. The van der Waals surface area contributed by atoms with Gasteiger partial charge in [0, 0.05) is 31.5 Å². The summed E-state index contributed by atoms with van der Waals surface area (Å²) in [6, 6.07) is 8.45. The van der Waals surface area contributed by atoms with Crippen LogP contribution in [0.3, 0.4) is 0 Å². The Morgan fingerprint density at radius 1 is 1.31 bits per heavy atom. The highest BCUT2D eigenvalue weighted by Gasteiger charge is 2.21. The number of rotatable bonds is 6. The number of fused-ring (bicyclic) bond motifs is 1. The van der Waals surface area contributed by atoms with Crippen molar-refractivity contribution in [2.45, 2.75) is 25.4 Å². The average molecular weight is 433 g/mol. The molecule has 0 spiro atoms. The average Bonchev–Trinajstić information content (AvgIpc) is 3.41. The van der Waals surface area contributed by atoms with Crippen LogP contribution in [0.5, 0.6) is 5.88 Å². The minimum absolute atomic E-state index is 0.245. The molecule has 1 fully saturated rings. The van der Waals surface area contributed by atoms with E-state index in [1.54, 1.807) is 16.8 Å². The minimum atomic E-state index is -0.494. The maximum absolute atomic E-state index is 11.5. The number of benzene rings is 1. The number of imidazole rings is 1. The molecule has 0 aliphatic heterocycles. The topological polar surface area (TPSA) is 140 Å². The molecule has 1 aliphatic carbocycles. The molecule has 4 aromatic rings. The third kappa shape index (κ3) is 4.04. The number of aromatic hydroxyl groups is 1. The van der Waals surface area contributed by atoms with Crippen LogP contribution in [0.2, 0.25) is 0 Å². The van der Waals surface area contributed by atoms with E-state index >= 15 is 0 Å².